The van der Waals surface area contributed by atoms with E-state index in [-0.39, 0.29) is 11.3 Å². The molecule has 1 N–H and O–H groups in total. The number of nitrogens with zero attached hydrogens (tertiary/aromatic N) is 2. The van der Waals surface area contributed by atoms with Gasteiger partial charge in [0.25, 0.3) is 11.7 Å². The lowest BCUT2D eigenvalue weighted by Crippen LogP contribution is -2.33. The second-order valence-corrected chi connectivity index (χ2v) is 9.32. The summed E-state index contributed by atoms with van der Waals surface area (Å²) in [5.41, 5.74) is 1.21. The molecular weight excluding hydrogens is 492 g/mol. The molecule has 7 nitrogen and oxygen atoms in total. The van der Waals surface area contributed by atoms with Crippen molar-refractivity contribution in [1.29, 1.82) is 0 Å². The van der Waals surface area contributed by atoms with Crippen molar-refractivity contribution in [3.05, 3.63) is 95.6 Å². The highest BCUT2D eigenvalue weighted by molar-refractivity contribution is 6.46. The zero-order chi connectivity index (χ0) is 27.8. The van der Waals surface area contributed by atoms with Crippen LogP contribution >= 0.6 is 0 Å². The number of aliphatic hydroxyl groups is 1. The molecule has 1 fully saturated rings. The Balaban J connectivity index is 1.73. The summed E-state index contributed by atoms with van der Waals surface area (Å²) in [6, 6.07) is 22.9. The van der Waals surface area contributed by atoms with E-state index in [4.69, 9.17) is 9.47 Å². The summed E-state index contributed by atoms with van der Waals surface area (Å²) in [6.07, 6.45) is 0.703. The van der Waals surface area contributed by atoms with Gasteiger partial charge in [0.2, 0.25) is 0 Å². The lowest BCUT2D eigenvalue weighted by atomic mass is 9.95. The number of benzene rings is 3. The highest BCUT2D eigenvalue weighted by Gasteiger charge is 2.46. The Morgan fingerprint density at radius 1 is 0.872 bits per heavy atom. The van der Waals surface area contributed by atoms with Crippen molar-refractivity contribution in [3.8, 4) is 17.2 Å². The van der Waals surface area contributed by atoms with Crippen LogP contribution in [0.5, 0.6) is 17.2 Å². The zero-order valence-electron chi connectivity index (χ0n) is 22.8. The third-order valence-electron chi connectivity index (χ3n) is 6.90. The van der Waals surface area contributed by atoms with Gasteiger partial charge in [0.05, 0.1) is 18.2 Å². The molecule has 1 atom stereocenters. The fourth-order valence-corrected chi connectivity index (χ4v) is 4.87. The molecule has 7 heteroatoms. The monoisotopic (exact) mass is 528 g/mol. The molecule has 39 heavy (non-hydrogen) atoms. The number of rotatable bonds is 12. The minimum Gasteiger partial charge on any atom is -0.507 e. The van der Waals surface area contributed by atoms with E-state index < -0.39 is 17.7 Å². The third kappa shape index (κ3) is 6.49. The normalized spacial score (nSPS) is 16.6. The van der Waals surface area contributed by atoms with E-state index in [9.17, 15) is 14.7 Å². The first-order valence-corrected chi connectivity index (χ1v) is 13.5. The second kappa shape index (κ2) is 13.1. The standard InChI is InChI=1S/C32H36N2O5/c1-4-33(5-2)20-11-21-34-29(24-12-10-15-27(22-24)39-26-13-8-7-9-14-26)28(31(36)32(34)37)30(35)23-16-18-25(19-17-23)38-6-3/h7-10,12-19,22,29,35H,4-6,11,20-21H2,1-3H3/b30-28+. The van der Waals surface area contributed by atoms with Crippen LogP contribution in [0.1, 0.15) is 44.4 Å². The van der Waals surface area contributed by atoms with Gasteiger partial charge in [-0.3, -0.25) is 9.59 Å². The summed E-state index contributed by atoms with van der Waals surface area (Å²) in [7, 11) is 0. The van der Waals surface area contributed by atoms with Gasteiger partial charge in [-0.05, 0) is 87.1 Å². The number of para-hydroxylation sites is 1. The molecule has 0 aliphatic carbocycles. The summed E-state index contributed by atoms with van der Waals surface area (Å²) >= 11 is 0. The van der Waals surface area contributed by atoms with Crippen molar-refractivity contribution >= 4 is 17.4 Å². The molecule has 1 unspecified atom stereocenters. The number of ether oxygens (including phenoxy) is 2. The smallest absolute Gasteiger partial charge is 0.295 e. The van der Waals surface area contributed by atoms with Crippen LogP contribution in [0.4, 0.5) is 0 Å². The molecule has 3 aromatic rings. The second-order valence-electron chi connectivity index (χ2n) is 9.32. The number of aliphatic hydroxyl groups excluding tert-OH is 1. The van der Waals surface area contributed by atoms with Crippen LogP contribution in [0.15, 0.2) is 84.4 Å². The molecule has 0 bridgehead atoms. The first-order chi connectivity index (χ1) is 19.0. The molecule has 1 aliphatic rings. The Bertz CT molecular complexity index is 1300. The van der Waals surface area contributed by atoms with Crippen molar-refractivity contribution in [1.82, 2.24) is 9.80 Å². The Hall–Kier alpha value is -4.10. The maximum atomic E-state index is 13.4. The fourth-order valence-electron chi connectivity index (χ4n) is 4.87. The predicted molar refractivity (Wildman–Crippen MR) is 152 cm³/mol. The molecule has 1 amide bonds. The van der Waals surface area contributed by atoms with Gasteiger partial charge in [0.1, 0.15) is 23.0 Å². The van der Waals surface area contributed by atoms with Gasteiger partial charge in [0, 0.05) is 12.1 Å². The first kappa shape index (κ1) is 27.9. The number of hydrogen-bond donors (Lipinski definition) is 1. The lowest BCUT2D eigenvalue weighted by molar-refractivity contribution is -0.140. The number of carbonyl (C=O) groups is 2. The minimum atomic E-state index is -0.743. The quantitative estimate of drug-likeness (QED) is 0.176. The summed E-state index contributed by atoms with van der Waals surface area (Å²) in [4.78, 5) is 30.6. The van der Waals surface area contributed by atoms with Crippen LogP contribution in [-0.2, 0) is 9.59 Å². The summed E-state index contributed by atoms with van der Waals surface area (Å²) in [5.74, 6) is 0.408. The molecule has 3 aromatic carbocycles. The maximum Gasteiger partial charge on any atom is 0.295 e. The van der Waals surface area contributed by atoms with Crippen molar-refractivity contribution in [2.75, 3.05) is 32.8 Å². The fraction of sp³-hybridized carbons (Fsp3) is 0.312. The average molecular weight is 529 g/mol. The number of hydrogen-bond acceptors (Lipinski definition) is 6. The van der Waals surface area contributed by atoms with Crippen LogP contribution < -0.4 is 9.47 Å². The molecule has 1 heterocycles. The Labute approximate surface area is 230 Å². The highest BCUT2D eigenvalue weighted by Crippen LogP contribution is 2.41. The summed E-state index contributed by atoms with van der Waals surface area (Å²) in [6.45, 7) is 9.63. The van der Waals surface area contributed by atoms with E-state index in [1.54, 1.807) is 29.2 Å². The molecule has 204 valence electrons. The van der Waals surface area contributed by atoms with E-state index in [1.165, 1.54) is 0 Å². The molecule has 1 aliphatic heterocycles. The van der Waals surface area contributed by atoms with Crippen molar-refractivity contribution in [3.63, 3.8) is 0 Å². The van der Waals surface area contributed by atoms with Crippen LogP contribution in [0.2, 0.25) is 0 Å². The molecule has 0 spiro atoms. The highest BCUT2D eigenvalue weighted by atomic mass is 16.5. The van der Waals surface area contributed by atoms with Gasteiger partial charge in [-0.25, -0.2) is 0 Å². The lowest BCUT2D eigenvalue weighted by Gasteiger charge is -2.27. The topological polar surface area (TPSA) is 79.3 Å². The molecule has 0 saturated carbocycles. The van der Waals surface area contributed by atoms with E-state index in [0.717, 1.165) is 19.6 Å². The predicted octanol–water partition coefficient (Wildman–Crippen LogP) is 6.03. The molecule has 0 aromatic heterocycles. The van der Waals surface area contributed by atoms with Crippen LogP contribution in [0.3, 0.4) is 0 Å². The van der Waals surface area contributed by atoms with Crippen LogP contribution in [-0.4, -0.2) is 59.4 Å². The third-order valence-corrected chi connectivity index (χ3v) is 6.90. The van der Waals surface area contributed by atoms with Gasteiger partial charge in [-0.2, -0.15) is 0 Å². The van der Waals surface area contributed by atoms with E-state index >= 15 is 0 Å². The molecule has 4 rings (SSSR count). The van der Waals surface area contributed by atoms with E-state index in [0.29, 0.717) is 47.9 Å². The van der Waals surface area contributed by atoms with E-state index in [1.807, 2.05) is 61.5 Å². The van der Waals surface area contributed by atoms with Gasteiger partial charge >= 0.3 is 0 Å². The van der Waals surface area contributed by atoms with E-state index in [2.05, 4.69) is 18.7 Å². The van der Waals surface area contributed by atoms with Gasteiger partial charge in [-0.1, -0.05) is 44.2 Å². The zero-order valence-corrected chi connectivity index (χ0v) is 22.8. The number of carbonyl (C=O) groups excluding carboxylic acids is 2. The number of amides is 1. The minimum absolute atomic E-state index is 0.0730. The van der Waals surface area contributed by atoms with Gasteiger partial charge in [-0.15, -0.1) is 0 Å². The molecule has 1 saturated heterocycles. The number of likely N-dealkylation sites (tertiary alicyclic amines) is 1. The summed E-state index contributed by atoms with van der Waals surface area (Å²) < 4.78 is 11.5. The average Bonchev–Trinajstić information content (AvgIpc) is 3.21. The van der Waals surface area contributed by atoms with Crippen molar-refractivity contribution in [2.24, 2.45) is 0 Å². The van der Waals surface area contributed by atoms with Crippen molar-refractivity contribution in [2.45, 2.75) is 33.2 Å². The van der Waals surface area contributed by atoms with Gasteiger partial charge < -0.3 is 24.4 Å². The first-order valence-electron chi connectivity index (χ1n) is 13.5. The Kier molecular flexibility index (Phi) is 9.39. The summed E-state index contributed by atoms with van der Waals surface area (Å²) in [5, 5.41) is 11.4. The Morgan fingerprint density at radius 2 is 1.56 bits per heavy atom. The SMILES string of the molecule is CCOc1ccc(/C(O)=C2\C(=O)C(=O)N(CCCN(CC)CC)C2c2cccc(Oc3ccccc3)c2)cc1. The molecule has 0 radical (unpaired) electrons. The maximum absolute atomic E-state index is 13.4. The van der Waals surface area contributed by atoms with Crippen LogP contribution in [0.25, 0.3) is 5.76 Å². The van der Waals surface area contributed by atoms with Gasteiger partial charge in [0.15, 0.2) is 0 Å². The van der Waals surface area contributed by atoms with Crippen molar-refractivity contribution < 1.29 is 24.2 Å². The largest absolute Gasteiger partial charge is 0.507 e. The Morgan fingerprint density at radius 3 is 2.23 bits per heavy atom. The molecular formula is C32H36N2O5. The van der Waals surface area contributed by atoms with Crippen LogP contribution in [0, 0.1) is 0 Å². The number of ketones is 1. The number of Topliss-reactive ketones (excluding diaryl/α,β-unsaturated/α-hetero) is 1.